The summed E-state index contributed by atoms with van der Waals surface area (Å²) in [4.78, 5) is 13.8. The fourth-order valence-corrected chi connectivity index (χ4v) is 1.00. The summed E-state index contributed by atoms with van der Waals surface area (Å²) >= 11 is 0. The Labute approximate surface area is 82.8 Å². The van der Waals surface area contributed by atoms with Crippen LogP contribution < -0.4 is 5.73 Å². The van der Waals surface area contributed by atoms with Gasteiger partial charge in [0.15, 0.2) is 5.69 Å². The number of nitrogens with zero attached hydrogens (tertiary/aromatic N) is 2. The third kappa shape index (κ3) is 1.83. The van der Waals surface area contributed by atoms with Crippen LogP contribution in [0.25, 0.3) is 0 Å². The Morgan fingerprint density at radius 3 is 2.67 bits per heavy atom. The summed E-state index contributed by atoms with van der Waals surface area (Å²) in [5.74, 6) is -1.47. The summed E-state index contributed by atoms with van der Waals surface area (Å²) in [5, 5.41) is 17.1. The first-order chi connectivity index (χ1) is 6.99. The number of halogens is 2. The molecule has 0 aliphatic carbocycles. The maximum Gasteiger partial charge on any atom is 0.356 e. The number of alkyl halides is 2. The van der Waals surface area contributed by atoms with Crippen molar-refractivity contribution in [1.29, 1.82) is 5.26 Å². The highest BCUT2D eigenvalue weighted by Crippen LogP contribution is 2.27. The van der Waals surface area contributed by atoms with E-state index in [0.717, 1.165) is 0 Å². The van der Waals surface area contributed by atoms with E-state index in [-0.39, 0.29) is 0 Å². The Hall–Kier alpha value is -2.23. The van der Waals surface area contributed by atoms with Crippen LogP contribution in [0.4, 0.5) is 14.5 Å². The van der Waals surface area contributed by atoms with E-state index in [9.17, 15) is 13.6 Å². The molecule has 0 radical (unpaired) electrons. The van der Waals surface area contributed by atoms with Crippen molar-refractivity contribution in [3.63, 3.8) is 0 Å². The monoisotopic (exact) mass is 213 g/mol. The number of hydrogen-bond donors (Lipinski definition) is 2. The molecule has 1 rings (SSSR count). The lowest BCUT2D eigenvalue weighted by Crippen LogP contribution is -2.09. The molecule has 0 unspecified atom stereocenters. The number of carboxylic acid groups (broad SMARTS) is 1. The molecule has 7 heteroatoms. The van der Waals surface area contributed by atoms with Crippen molar-refractivity contribution in [2.24, 2.45) is 0 Å². The molecular formula is C8H5F2N3O2. The topological polar surface area (TPSA) is 100 Å². The molecule has 0 spiro atoms. The minimum absolute atomic E-state index is 0.539. The molecule has 0 bridgehead atoms. The van der Waals surface area contributed by atoms with Gasteiger partial charge in [0.25, 0.3) is 6.43 Å². The zero-order valence-electron chi connectivity index (χ0n) is 7.24. The molecule has 0 aliphatic heterocycles. The number of anilines is 1. The number of carbonyl (C=O) groups is 1. The van der Waals surface area contributed by atoms with Crippen LogP contribution in [-0.4, -0.2) is 16.1 Å². The number of nitrogens with two attached hydrogens (primary N) is 1. The zero-order chi connectivity index (χ0) is 11.6. The van der Waals surface area contributed by atoms with E-state index < -0.39 is 34.9 Å². The SMILES string of the molecule is N#Cc1c(C(F)F)cnc(C(=O)O)c1N. The molecule has 0 fully saturated rings. The van der Waals surface area contributed by atoms with Gasteiger partial charge in [0.2, 0.25) is 0 Å². The van der Waals surface area contributed by atoms with Gasteiger partial charge >= 0.3 is 5.97 Å². The van der Waals surface area contributed by atoms with Gasteiger partial charge in [-0.15, -0.1) is 0 Å². The Balaban J connectivity index is 3.48. The molecule has 1 aromatic heterocycles. The Bertz CT molecular complexity index is 454. The Morgan fingerprint density at radius 1 is 1.67 bits per heavy atom. The van der Waals surface area contributed by atoms with Crippen LogP contribution in [0.15, 0.2) is 6.20 Å². The van der Waals surface area contributed by atoms with E-state index in [1.807, 2.05) is 0 Å². The van der Waals surface area contributed by atoms with Crippen molar-refractivity contribution < 1.29 is 18.7 Å². The van der Waals surface area contributed by atoms with Gasteiger partial charge in [-0.3, -0.25) is 0 Å². The lowest BCUT2D eigenvalue weighted by Gasteiger charge is -2.06. The van der Waals surface area contributed by atoms with Crippen molar-refractivity contribution in [2.45, 2.75) is 6.43 Å². The van der Waals surface area contributed by atoms with Crippen LogP contribution in [-0.2, 0) is 0 Å². The first kappa shape index (κ1) is 10.8. The van der Waals surface area contributed by atoms with Crippen LogP contribution in [0.5, 0.6) is 0 Å². The minimum Gasteiger partial charge on any atom is -0.476 e. The summed E-state index contributed by atoms with van der Waals surface area (Å²) < 4.78 is 24.7. The Morgan fingerprint density at radius 2 is 2.27 bits per heavy atom. The molecule has 78 valence electrons. The van der Waals surface area contributed by atoms with Gasteiger partial charge in [-0.1, -0.05) is 0 Å². The second-order valence-corrected chi connectivity index (χ2v) is 2.57. The van der Waals surface area contributed by atoms with E-state index >= 15 is 0 Å². The number of rotatable bonds is 2. The number of nitriles is 1. The van der Waals surface area contributed by atoms with Gasteiger partial charge < -0.3 is 10.8 Å². The quantitative estimate of drug-likeness (QED) is 0.767. The zero-order valence-corrected chi connectivity index (χ0v) is 7.24. The molecule has 0 saturated carbocycles. The Kier molecular flexibility index (Phi) is 2.80. The fourth-order valence-electron chi connectivity index (χ4n) is 1.00. The van der Waals surface area contributed by atoms with Crippen molar-refractivity contribution in [3.8, 4) is 6.07 Å². The van der Waals surface area contributed by atoms with Gasteiger partial charge in [0.1, 0.15) is 6.07 Å². The molecule has 1 heterocycles. The molecule has 0 aliphatic rings. The minimum atomic E-state index is -2.92. The summed E-state index contributed by atoms with van der Waals surface area (Å²) in [6.07, 6.45) is -2.28. The van der Waals surface area contributed by atoms with Crippen molar-refractivity contribution >= 4 is 11.7 Å². The standard InChI is InChI=1S/C8H5F2N3O2/c9-7(10)4-2-13-6(8(14)15)5(12)3(4)1-11/h2,7H,12H2,(H,14,15). The van der Waals surface area contributed by atoms with Crippen molar-refractivity contribution in [3.05, 3.63) is 23.0 Å². The van der Waals surface area contributed by atoms with E-state index in [1.54, 1.807) is 0 Å². The van der Waals surface area contributed by atoms with Crippen LogP contribution in [0.1, 0.15) is 28.0 Å². The first-order valence-corrected chi connectivity index (χ1v) is 3.69. The molecule has 15 heavy (non-hydrogen) atoms. The first-order valence-electron chi connectivity index (χ1n) is 3.69. The summed E-state index contributed by atoms with van der Waals surface area (Å²) in [5.41, 5.74) is 2.88. The van der Waals surface area contributed by atoms with Crippen molar-refractivity contribution in [2.75, 3.05) is 5.73 Å². The predicted octanol–water partition coefficient (Wildman–Crippen LogP) is 1.17. The lowest BCUT2D eigenvalue weighted by atomic mass is 10.1. The number of aromatic nitrogens is 1. The highest BCUT2D eigenvalue weighted by atomic mass is 19.3. The average Bonchev–Trinajstić information content (AvgIpc) is 2.16. The highest BCUT2D eigenvalue weighted by molar-refractivity contribution is 5.93. The maximum absolute atomic E-state index is 12.3. The van der Waals surface area contributed by atoms with Crippen molar-refractivity contribution in [1.82, 2.24) is 4.98 Å². The second kappa shape index (κ2) is 3.88. The molecule has 0 amide bonds. The molecular weight excluding hydrogens is 208 g/mol. The number of carboxylic acids is 1. The summed E-state index contributed by atoms with van der Waals surface area (Å²) in [6, 6.07) is 1.43. The van der Waals surface area contributed by atoms with Gasteiger partial charge in [0.05, 0.1) is 16.8 Å². The van der Waals surface area contributed by atoms with E-state index in [4.69, 9.17) is 16.1 Å². The molecule has 1 aromatic rings. The number of aromatic carboxylic acids is 1. The lowest BCUT2D eigenvalue weighted by molar-refractivity contribution is 0.0691. The maximum atomic E-state index is 12.3. The summed E-state index contributed by atoms with van der Waals surface area (Å²) in [6.45, 7) is 0. The average molecular weight is 213 g/mol. The number of hydrogen-bond acceptors (Lipinski definition) is 4. The van der Waals surface area contributed by atoms with Gasteiger partial charge in [0, 0.05) is 6.20 Å². The third-order valence-corrected chi connectivity index (χ3v) is 1.70. The third-order valence-electron chi connectivity index (χ3n) is 1.70. The highest BCUT2D eigenvalue weighted by Gasteiger charge is 2.21. The van der Waals surface area contributed by atoms with Crippen LogP contribution in [0.2, 0.25) is 0 Å². The summed E-state index contributed by atoms with van der Waals surface area (Å²) in [7, 11) is 0. The normalized spacial score (nSPS) is 10.0. The van der Waals surface area contributed by atoms with E-state index in [2.05, 4.69) is 4.98 Å². The molecule has 0 atom stereocenters. The fraction of sp³-hybridized carbons (Fsp3) is 0.125. The molecule has 0 aromatic carbocycles. The molecule has 0 saturated heterocycles. The van der Waals surface area contributed by atoms with Crippen LogP contribution >= 0.6 is 0 Å². The smallest absolute Gasteiger partial charge is 0.356 e. The molecule has 3 N–H and O–H groups in total. The largest absolute Gasteiger partial charge is 0.476 e. The molecule has 5 nitrogen and oxygen atoms in total. The van der Waals surface area contributed by atoms with Crippen LogP contribution in [0.3, 0.4) is 0 Å². The second-order valence-electron chi connectivity index (χ2n) is 2.57. The van der Waals surface area contributed by atoms with Crippen LogP contribution in [0, 0.1) is 11.3 Å². The van der Waals surface area contributed by atoms with Gasteiger partial charge in [-0.2, -0.15) is 5.26 Å². The van der Waals surface area contributed by atoms with E-state index in [0.29, 0.717) is 6.20 Å². The predicted molar refractivity (Wildman–Crippen MR) is 45.3 cm³/mol. The number of pyridine rings is 1. The number of nitrogen functional groups attached to an aromatic ring is 1. The van der Waals surface area contributed by atoms with E-state index in [1.165, 1.54) is 6.07 Å². The van der Waals surface area contributed by atoms with Gasteiger partial charge in [-0.05, 0) is 0 Å². The van der Waals surface area contributed by atoms with Gasteiger partial charge in [-0.25, -0.2) is 18.6 Å².